The number of methoxy groups -OCH3 is 1. The summed E-state index contributed by atoms with van der Waals surface area (Å²) in [5, 5.41) is 0. The molecule has 2 N–H and O–H groups in total. The van der Waals surface area contributed by atoms with E-state index in [1.54, 1.807) is 6.07 Å². The van der Waals surface area contributed by atoms with E-state index < -0.39 is 0 Å². The predicted octanol–water partition coefficient (Wildman–Crippen LogP) is 2.96. The van der Waals surface area contributed by atoms with Crippen molar-refractivity contribution >= 4 is 18.3 Å². The number of fused-ring (bicyclic) bond motifs is 2. The lowest BCUT2D eigenvalue weighted by atomic mass is 9.62. The summed E-state index contributed by atoms with van der Waals surface area (Å²) in [7, 11) is 1.83. The topological polar surface area (TPSA) is 64.8 Å². The summed E-state index contributed by atoms with van der Waals surface area (Å²) < 4.78 is 12.0. The second-order valence-corrected chi connectivity index (χ2v) is 8.09. The fourth-order valence-corrected chi connectivity index (χ4v) is 5.62. The molecule has 1 aliphatic carbocycles. The van der Waals surface area contributed by atoms with Crippen LogP contribution in [0.1, 0.15) is 48.0 Å². The molecule has 1 aromatic carbocycles. The molecule has 0 spiro atoms. The highest BCUT2D eigenvalue weighted by atomic mass is 35.5. The van der Waals surface area contributed by atoms with Gasteiger partial charge in [-0.1, -0.05) is 18.6 Å². The number of carbonyl (C=O) groups excluding carboxylic acids is 1. The summed E-state index contributed by atoms with van der Waals surface area (Å²) in [6.45, 7) is 3.84. The number of hydrogen-bond acceptors (Lipinski definition) is 4. The van der Waals surface area contributed by atoms with Crippen LogP contribution >= 0.6 is 12.4 Å². The molecule has 150 valence electrons. The third-order valence-corrected chi connectivity index (χ3v) is 6.82. The lowest BCUT2D eigenvalue weighted by Crippen LogP contribution is -2.61. The number of rotatable bonds is 4. The molecule has 2 bridgehead atoms. The number of halogens is 1. The van der Waals surface area contributed by atoms with Gasteiger partial charge >= 0.3 is 0 Å². The fourth-order valence-electron chi connectivity index (χ4n) is 5.62. The minimum atomic E-state index is -0.375. The number of primary amides is 1. The molecule has 2 heterocycles. The summed E-state index contributed by atoms with van der Waals surface area (Å²) in [4.78, 5) is 14.3. The van der Waals surface area contributed by atoms with E-state index in [-0.39, 0.29) is 23.9 Å². The van der Waals surface area contributed by atoms with Crippen LogP contribution in [0.15, 0.2) is 24.3 Å². The van der Waals surface area contributed by atoms with Gasteiger partial charge in [-0.05, 0) is 43.4 Å². The Hall–Kier alpha value is -1.14. The molecular formula is C21H31ClN2O3. The Morgan fingerprint density at radius 2 is 1.96 bits per heavy atom. The Kier molecular flexibility index (Phi) is 6.46. The van der Waals surface area contributed by atoms with Crippen molar-refractivity contribution in [2.75, 3.05) is 33.4 Å². The Labute approximate surface area is 168 Å². The van der Waals surface area contributed by atoms with Crippen molar-refractivity contribution < 1.29 is 14.3 Å². The third-order valence-electron chi connectivity index (χ3n) is 6.82. The van der Waals surface area contributed by atoms with Crippen LogP contribution in [0.5, 0.6) is 0 Å². The first kappa shape index (κ1) is 20.6. The standard InChI is InChI=1S/C21H30N2O3.ClH/c1-25-21(16-6-2-5-15(11-16)20(22)24)17-7-3-8-18(21)13-23(12-17)19-9-4-10-26-14-19;/h2,5-6,11,17-19H,3-4,7-10,12-14H2,1H3,(H2,22,24);1H/t17-,18+,19?,21?;. The van der Waals surface area contributed by atoms with Crippen LogP contribution in [0.2, 0.25) is 0 Å². The molecule has 4 rings (SSSR count). The molecule has 6 heteroatoms. The number of nitrogens with two attached hydrogens (primary N) is 1. The number of benzene rings is 1. The second kappa shape index (κ2) is 8.48. The molecule has 2 unspecified atom stereocenters. The van der Waals surface area contributed by atoms with Crippen LogP contribution in [0, 0.1) is 11.8 Å². The molecule has 1 saturated carbocycles. The van der Waals surface area contributed by atoms with Crippen molar-refractivity contribution in [2.24, 2.45) is 17.6 Å². The van der Waals surface area contributed by atoms with Gasteiger partial charge in [0.05, 0.1) is 6.61 Å². The maximum Gasteiger partial charge on any atom is 0.248 e. The number of likely N-dealkylation sites (tertiary alicyclic amines) is 1. The molecule has 3 aliphatic rings. The van der Waals surface area contributed by atoms with Crippen LogP contribution in [-0.4, -0.2) is 50.3 Å². The van der Waals surface area contributed by atoms with Crippen LogP contribution in [0.4, 0.5) is 0 Å². The highest BCUT2D eigenvalue weighted by Crippen LogP contribution is 2.52. The maximum absolute atomic E-state index is 11.7. The van der Waals surface area contributed by atoms with E-state index in [1.807, 2.05) is 19.2 Å². The molecule has 2 aliphatic heterocycles. The smallest absolute Gasteiger partial charge is 0.248 e. The quantitative estimate of drug-likeness (QED) is 0.852. The van der Waals surface area contributed by atoms with Gasteiger partial charge in [0.25, 0.3) is 0 Å². The summed E-state index contributed by atoms with van der Waals surface area (Å²) in [6.07, 6.45) is 5.97. The van der Waals surface area contributed by atoms with E-state index in [2.05, 4.69) is 11.0 Å². The molecule has 3 fully saturated rings. The van der Waals surface area contributed by atoms with Crippen LogP contribution in [-0.2, 0) is 15.1 Å². The van der Waals surface area contributed by atoms with Gasteiger partial charge in [-0.25, -0.2) is 0 Å². The van der Waals surface area contributed by atoms with Gasteiger partial charge in [0.15, 0.2) is 0 Å². The lowest BCUT2D eigenvalue weighted by Gasteiger charge is -2.57. The van der Waals surface area contributed by atoms with E-state index >= 15 is 0 Å². The molecule has 0 radical (unpaired) electrons. The molecule has 2 saturated heterocycles. The van der Waals surface area contributed by atoms with Crippen molar-refractivity contribution in [1.29, 1.82) is 0 Å². The zero-order valence-corrected chi connectivity index (χ0v) is 16.9. The lowest BCUT2D eigenvalue weighted by molar-refractivity contribution is -0.179. The van der Waals surface area contributed by atoms with E-state index in [4.69, 9.17) is 15.2 Å². The Morgan fingerprint density at radius 1 is 1.22 bits per heavy atom. The predicted molar refractivity (Wildman–Crippen MR) is 107 cm³/mol. The average molecular weight is 395 g/mol. The molecule has 1 amide bonds. The second-order valence-electron chi connectivity index (χ2n) is 8.09. The van der Waals surface area contributed by atoms with Gasteiger partial charge in [0, 0.05) is 50.2 Å². The molecular weight excluding hydrogens is 364 g/mol. The summed E-state index contributed by atoms with van der Waals surface area (Å²) >= 11 is 0. The van der Waals surface area contributed by atoms with Gasteiger partial charge in [-0.15, -0.1) is 12.4 Å². The molecule has 4 atom stereocenters. The number of amides is 1. The maximum atomic E-state index is 11.7. The van der Waals surface area contributed by atoms with E-state index in [9.17, 15) is 4.79 Å². The minimum Gasteiger partial charge on any atom is -0.380 e. The fraction of sp³-hybridized carbons (Fsp3) is 0.667. The van der Waals surface area contributed by atoms with Crippen LogP contribution < -0.4 is 5.73 Å². The number of ether oxygens (including phenoxy) is 2. The average Bonchev–Trinajstić information content (AvgIpc) is 2.67. The van der Waals surface area contributed by atoms with Crippen LogP contribution in [0.25, 0.3) is 0 Å². The highest BCUT2D eigenvalue weighted by Gasteiger charge is 2.54. The van der Waals surface area contributed by atoms with Crippen molar-refractivity contribution in [3.8, 4) is 0 Å². The molecule has 27 heavy (non-hydrogen) atoms. The number of nitrogens with zero attached hydrogens (tertiary/aromatic N) is 1. The van der Waals surface area contributed by atoms with Gasteiger partial charge < -0.3 is 15.2 Å². The van der Waals surface area contributed by atoms with Gasteiger partial charge in [0.1, 0.15) is 5.60 Å². The van der Waals surface area contributed by atoms with E-state index in [1.165, 1.54) is 12.8 Å². The highest BCUT2D eigenvalue weighted by molar-refractivity contribution is 5.92. The number of hydrogen-bond donors (Lipinski definition) is 1. The minimum absolute atomic E-state index is 0. The summed E-state index contributed by atoms with van der Waals surface area (Å²) in [6, 6.07) is 8.34. The molecule has 1 aromatic rings. The Bertz CT molecular complexity index is 649. The van der Waals surface area contributed by atoms with Crippen molar-refractivity contribution in [3.05, 3.63) is 35.4 Å². The first-order chi connectivity index (χ1) is 12.6. The molecule has 0 aromatic heterocycles. The van der Waals surface area contributed by atoms with Crippen molar-refractivity contribution in [2.45, 2.75) is 43.7 Å². The van der Waals surface area contributed by atoms with E-state index in [0.717, 1.165) is 51.1 Å². The SMILES string of the molecule is COC1(c2cccc(C(N)=O)c2)[C@@H]2CCC[C@H]1CN(C1CCCOC1)C2.Cl. The monoisotopic (exact) mass is 394 g/mol. The van der Waals surface area contributed by atoms with E-state index in [0.29, 0.717) is 23.4 Å². The zero-order chi connectivity index (χ0) is 18.1. The van der Waals surface area contributed by atoms with Gasteiger partial charge in [-0.3, -0.25) is 9.69 Å². The number of piperidine rings is 1. The first-order valence-corrected chi connectivity index (χ1v) is 9.92. The number of carbonyl (C=O) groups is 1. The largest absolute Gasteiger partial charge is 0.380 e. The van der Waals surface area contributed by atoms with Crippen molar-refractivity contribution in [3.63, 3.8) is 0 Å². The summed E-state index contributed by atoms with van der Waals surface area (Å²) in [5.41, 5.74) is 6.91. The Morgan fingerprint density at radius 3 is 2.56 bits per heavy atom. The van der Waals surface area contributed by atoms with Crippen LogP contribution in [0.3, 0.4) is 0 Å². The normalized spacial score (nSPS) is 33.9. The zero-order valence-electron chi connectivity index (χ0n) is 16.1. The first-order valence-electron chi connectivity index (χ1n) is 9.92. The van der Waals surface area contributed by atoms with Gasteiger partial charge in [-0.2, -0.15) is 0 Å². The van der Waals surface area contributed by atoms with Crippen molar-refractivity contribution in [1.82, 2.24) is 4.90 Å². The molecule has 5 nitrogen and oxygen atoms in total. The Balaban J connectivity index is 0.00000210. The summed E-state index contributed by atoms with van der Waals surface area (Å²) in [5.74, 6) is 0.496. The van der Waals surface area contributed by atoms with Gasteiger partial charge in [0.2, 0.25) is 5.91 Å². The third kappa shape index (κ3) is 3.63.